The Bertz CT molecular complexity index is 1340. The van der Waals surface area contributed by atoms with E-state index in [4.69, 9.17) is 26.2 Å². The lowest BCUT2D eigenvalue weighted by Crippen LogP contribution is -2.30. The van der Waals surface area contributed by atoms with Crippen molar-refractivity contribution in [3.63, 3.8) is 0 Å². The summed E-state index contributed by atoms with van der Waals surface area (Å²) in [4.78, 5) is 13.5. The van der Waals surface area contributed by atoms with E-state index in [1.807, 2.05) is 72.8 Å². The van der Waals surface area contributed by atoms with E-state index in [2.05, 4.69) is 6.08 Å². The lowest BCUT2D eigenvalue weighted by Gasteiger charge is -2.29. The van der Waals surface area contributed by atoms with Crippen molar-refractivity contribution in [2.75, 3.05) is 14.2 Å². The number of methoxy groups -OCH3 is 2. The number of halogens is 1. The summed E-state index contributed by atoms with van der Waals surface area (Å²) in [5.74, 6) is 1.58. The SMILES string of the molecule is COc1ccc(/C=C2\CCC[C@@H]3C2=NN(C(=O)/C=C/c2ccc(Cl)cc2)[C@@H]3c2ccc(OC)cc2)cc1. The van der Waals surface area contributed by atoms with Crippen LogP contribution in [0.15, 0.2) is 89.5 Å². The maximum Gasteiger partial charge on any atom is 0.267 e. The first-order chi connectivity index (χ1) is 18.1. The summed E-state index contributed by atoms with van der Waals surface area (Å²) < 4.78 is 10.7. The van der Waals surface area contributed by atoms with Gasteiger partial charge in [-0.1, -0.05) is 48.0 Å². The van der Waals surface area contributed by atoms with Crippen LogP contribution in [-0.2, 0) is 4.79 Å². The number of ether oxygens (including phenoxy) is 2. The average molecular weight is 513 g/mol. The molecule has 0 N–H and O–H groups in total. The zero-order valence-corrected chi connectivity index (χ0v) is 21.7. The first-order valence-corrected chi connectivity index (χ1v) is 12.8. The van der Waals surface area contributed by atoms with E-state index in [9.17, 15) is 4.79 Å². The number of hydrazone groups is 1. The van der Waals surface area contributed by atoms with Gasteiger partial charge in [-0.05, 0) is 90.1 Å². The molecule has 2 aliphatic rings. The molecule has 1 fully saturated rings. The lowest BCUT2D eigenvalue weighted by atomic mass is 9.77. The van der Waals surface area contributed by atoms with Gasteiger partial charge in [-0.3, -0.25) is 4.79 Å². The van der Waals surface area contributed by atoms with Crippen LogP contribution in [0.2, 0.25) is 5.02 Å². The van der Waals surface area contributed by atoms with Gasteiger partial charge in [0.05, 0.1) is 26.0 Å². The second kappa shape index (κ2) is 11.1. The van der Waals surface area contributed by atoms with E-state index < -0.39 is 0 Å². The number of nitrogens with zero attached hydrogens (tertiary/aromatic N) is 2. The van der Waals surface area contributed by atoms with E-state index in [0.717, 1.165) is 53.2 Å². The zero-order valence-electron chi connectivity index (χ0n) is 20.9. The predicted octanol–water partition coefficient (Wildman–Crippen LogP) is 7.19. The highest BCUT2D eigenvalue weighted by atomic mass is 35.5. The Morgan fingerprint density at radius 1 is 0.919 bits per heavy atom. The third-order valence-electron chi connectivity index (χ3n) is 6.93. The molecular weight excluding hydrogens is 484 g/mol. The topological polar surface area (TPSA) is 51.1 Å². The average Bonchev–Trinajstić information content (AvgIpc) is 3.34. The molecule has 1 saturated carbocycles. The van der Waals surface area contributed by atoms with Crippen molar-refractivity contribution in [3.05, 3.63) is 106 Å². The van der Waals surface area contributed by atoms with Crippen LogP contribution in [0.5, 0.6) is 11.5 Å². The van der Waals surface area contributed by atoms with Gasteiger partial charge in [0.25, 0.3) is 5.91 Å². The number of fused-ring (bicyclic) bond motifs is 1. The van der Waals surface area contributed by atoms with Crippen LogP contribution in [0.1, 0.15) is 42.0 Å². The van der Waals surface area contributed by atoms with Gasteiger partial charge in [0, 0.05) is 17.0 Å². The molecule has 188 valence electrons. The van der Waals surface area contributed by atoms with Gasteiger partial charge in [-0.2, -0.15) is 5.10 Å². The molecule has 5 rings (SSSR count). The lowest BCUT2D eigenvalue weighted by molar-refractivity contribution is -0.128. The molecule has 0 bridgehead atoms. The Morgan fingerprint density at radius 3 is 2.19 bits per heavy atom. The van der Waals surface area contributed by atoms with Crippen molar-refractivity contribution in [3.8, 4) is 11.5 Å². The predicted molar refractivity (Wildman–Crippen MR) is 149 cm³/mol. The minimum Gasteiger partial charge on any atom is -0.497 e. The molecule has 0 unspecified atom stereocenters. The smallest absolute Gasteiger partial charge is 0.267 e. The Kier molecular flexibility index (Phi) is 7.42. The molecule has 2 atom stereocenters. The van der Waals surface area contributed by atoms with Crippen LogP contribution in [0.4, 0.5) is 0 Å². The van der Waals surface area contributed by atoms with E-state index in [1.54, 1.807) is 31.4 Å². The molecule has 37 heavy (non-hydrogen) atoms. The van der Waals surface area contributed by atoms with Gasteiger partial charge in [-0.15, -0.1) is 0 Å². The molecule has 0 saturated heterocycles. The van der Waals surface area contributed by atoms with Gasteiger partial charge >= 0.3 is 0 Å². The van der Waals surface area contributed by atoms with Crippen LogP contribution in [0.25, 0.3) is 12.2 Å². The van der Waals surface area contributed by atoms with Crippen LogP contribution < -0.4 is 9.47 Å². The summed E-state index contributed by atoms with van der Waals surface area (Å²) >= 11 is 6.01. The quantitative estimate of drug-likeness (QED) is 0.328. The largest absolute Gasteiger partial charge is 0.497 e. The van der Waals surface area contributed by atoms with E-state index in [1.165, 1.54) is 5.57 Å². The van der Waals surface area contributed by atoms with Crippen LogP contribution >= 0.6 is 11.6 Å². The van der Waals surface area contributed by atoms with E-state index in [0.29, 0.717) is 5.02 Å². The van der Waals surface area contributed by atoms with E-state index in [-0.39, 0.29) is 17.9 Å². The summed E-state index contributed by atoms with van der Waals surface area (Å²) in [7, 11) is 3.32. The highest BCUT2D eigenvalue weighted by molar-refractivity contribution is 6.30. The van der Waals surface area contributed by atoms with Crippen molar-refractivity contribution in [2.45, 2.75) is 25.3 Å². The number of hydrogen-bond acceptors (Lipinski definition) is 4. The number of carbonyl (C=O) groups is 1. The van der Waals surface area contributed by atoms with E-state index >= 15 is 0 Å². The van der Waals surface area contributed by atoms with Gasteiger partial charge < -0.3 is 9.47 Å². The minimum absolute atomic E-state index is 0.125. The molecule has 1 heterocycles. The fraction of sp³-hybridized carbons (Fsp3) is 0.226. The molecule has 6 heteroatoms. The van der Waals surface area contributed by atoms with Crippen molar-refractivity contribution < 1.29 is 14.3 Å². The molecule has 3 aromatic carbocycles. The molecule has 3 aromatic rings. The highest BCUT2D eigenvalue weighted by Gasteiger charge is 2.43. The summed E-state index contributed by atoms with van der Waals surface area (Å²) in [6.45, 7) is 0. The first-order valence-electron chi connectivity index (χ1n) is 12.4. The zero-order chi connectivity index (χ0) is 25.8. The molecule has 5 nitrogen and oxygen atoms in total. The maximum absolute atomic E-state index is 13.5. The second-order valence-electron chi connectivity index (χ2n) is 9.21. The number of benzene rings is 3. The van der Waals surface area contributed by atoms with Crippen molar-refractivity contribution in [1.29, 1.82) is 0 Å². The Labute approximate surface area is 222 Å². The standard InChI is InChI=1S/C31H29ClN2O3/c1-36-26-15-8-22(9-16-26)20-24-4-3-5-28-30(24)33-34(31(28)23-11-17-27(37-2)18-12-23)29(35)19-10-21-6-13-25(32)14-7-21/h6-20,28,31H,3-5H2,1-2H3/b19-10+,24-20+/t28-,31-/m1/s1. The van der Waals surface area contributed by atoms with Gasteiger partial charge in [0.1, 0.15) is 11.5 Å². The summed E-state index contributed by atoms with van der Waals surface area (Å²) in [5.41, 5.74) is 5.21. The molecular formula is C31H29ClN2O3. The molecule has 0 aromatic heterocycles. The number of hydrogen-bond donors (Lipinski definition) is 0. The molecule has 1 amide bonds. The number of allylic oxidation sites excluding steroid dienone is 1. The van der Waals surface area contributed by atoms with Crippen LogP contribution in [0, 0.1) is 5.92 Å². The normalized spacial score (nSPS) is 20.1. The minimum atomic E-state index is -0.178. The summed E-state index contributed by atoms with van der Waals surface area (Å²) in [6, 6.07) is 23.2. The fourth-order valence-corrected chi connectivity index (χ4v) is 5.16. The Hall–Kier alpha value is -3.83. The monoisotopic (exact) mass is 512 g/mol. The van der Waals surface area contributed by atoms with Crippen molar-refractivity contribution >= 4 is 35.4 Å². The molecule has 1 aliphatic heterocycles. The molecule has 0 spiro atoms. The second-order valence-corrected chi connectivity index (χ2v) is 9.65. The van der Waals surface area contributed by atoms with Crippen LogP contribution in [0.3, 0.4) is 0 Å². The fourth-order valence-electron chi connectivity index (χ4n) is 5.04. The van der Waals surface area contributed by atoms with Gasteiger partial charge in [0.2, 0.25) is 0 Å². The third kappa shape index (κ3) is 5.47. The number of amides is 1. The van der Waals surface area contributed by atoms with Crippen LogP contribution in [-0.4, -0.2) is 30.8 Å². The van der Waals surface area contributed by atoms with Gasteiger partial charge in [0.15, 0.2) is 0 Å². The maximum atomic E-state index is 13.5. The first kappa shape index (κ1) is 24.8. The molecule has 0 radical (unpaired) electrons. The highest BCUT2D eigenvalue weighted by Crippen LogP contribution is 2.44. The molecule has 1 aliphatic carbocycles. The summed E-state index contributed by atoms with van der Waals surface area (Å²) in [6.07, 6.45) is 8.53. The number of carbonyl (C=O) groups excluding carboxylic acids is 1. The van der Waals surface area contributed by atoms with Crippen molar-refractivity contribution in [2.24, 2.45) is 11.0 Å². The summed E-state index contributed by atoms with van der Waals surface area (Å²) in [5, 5.41) is 7.27. The van der Waals surface area contributed by atoms with Crippen molar-refractivity contribution in [1.82, 2.24) is 5.01 Å². The Morgan fingerprint density at radius 2 is 1.54 bits per heavy atom. The Balaban J connectivity index is 1.49. The number of rotatable bonds is 6. The third-order valence-corrected chi connectivity index (χ3v) is 7.18. The van der Waals surface area contributed by atoms with Gasteiger partial charge in [-0.25, -0.2) is 5.01 Å².